The molecule has 5 nitrogen and oxygen atoms in total. The maximum Gasteiger partial charge on any atom is 0.156 e. The molecule has 0 unspecified atom stereocenters. The van der Waals surface area contributed by atoms with Crippen molar-refractivity contribution in [1.29, 1.82) is 0 Å². The quantitative estimate of drug-likeness (QED) is 0.748. The molecule has 0 aliphatic rings. The molecular formula is C12H17ClN4O. The van der Waals surface area contributed by atoms with E-state index in [1.165, 1.54) is 0 Å². The predicted octanol–water partition coefficient (Wildman–Crippen LogP) is 1.66. The maximum atomic E-state index is 5.85. The van der Waals surface area contributed by atoms with Gasteiger partial charge in [-0.1, -0.05) is 0 Å². The molecule has 18 heavy (non-hydrogen) atoms. The third kappa shape index (κ3) is 2.57. The van der Waals surface area contributed by atoms with E-state index in [1.807, 2.05) is 17.7 Å². The molecule has 2 aromatic heterocycles. The van der Waals surface area contributed by atoms with E-state index in [2.05, 4.69) is 14.9 Å². The van der Waals surface area contributed by atoms with Crippen LogP contribution in [-0.2, 0) is 11.8 Å². The van der Waals surface area contributed by atoms with Crippen LogP contribution in [0.4, 0.5) is 5.82 Å². The van der Waals surface area contributed by atoms with E-state index in [0.29, 0.717) is 12.5 Å². The molecule has 0 fully saturated rings. The number of hydrogen-bond donors (Lipinski definition) is 0. The van der Waals surface area contributed by atoms with Crippen LogP contribution in [0.5, 0.6) is 0 Å². The SMILES string of the molecule is COCCN(CCCl)c1nccc2c1ncn2C. The highest BCUT2D eigenvalue weighted by Crippen LogP contribution is 2.22. The number of halogens is 1. The van der Waals surface area contributed by atoms with Gasteiger partial charge in [0.25, 0.3) is 0 Å². The number of ether oxygens (including phenoxy) is 1. The monoisotopic (exact) mass is 268 g/mol. The summed E-state index contributed by atoms with van der Waals surface area (Å²) in [6.45, 7) is 2.13. The first-order valence-electron chi connectivity index (χ1n) is 5.83. The number of aryl methyl sites for hydroxylation is 1. The molecule has 2 rings (SSSR count). The van der Waals surface area contributed by atoms with Gasteiger partial charge in [-0.2, -0.15) is 0 Å². The average molecular weight is 269 g/mol. The predicted molar refractivity (Wildman–Crippen MR) is 73.3 cm³/mol. The molecule has 6 heteroatoms. The molecule has 0 N–H and O–H groups in total. The molecule has 0 radical (unpaired) electrons. The lowest BCUT2D eigenvalue weighted by molar-refractivity contribution is 0.205. The van der Waals surface area contributed by atoms with Crippen LogP contribution in [0.15, 0.2) is 18.6 Å². The lowest BCUT2D eigenvalue weighted by Gasteiger charge is -2.22. The zero-order valence-corrected chi connectivity index (χ0v) is 11.4. The van der Waals surface area contributed by atoms with Crippen molar-refractivity contribution in [2.24, 2.45) is 7.05 Å². The summed E-state index contributed by atoms with van der Waals surface area (Å²) in [6, 6.07) is 1.96. The number of pyridine rings is 1. The first-order chi connectivity index (χ1) is 8.77. The van der Waals surface area contributed by atoms with Gasteiger partial charge < -0.3 is 14.2 Å². The second-order valence-corrected chi connectivity index (χ2v) is 4.40. The molecule has 0 saturated carbocycles. The number of methoxy groups -OCH3 is 1. The van der Waals surface area contributed by atoms with Crippen molar-refractivity contribution in [2.45, 2.75) is 0 Å². The standard InChI is InChI=1S/C12H17ClN4O/c1-16-9-15-11-10(16)3-5-14-12(11)17(6-4-13)7-8-18-2/h3,5,9H,4,6-8H2,1-2H3. The van der Waals surface area contributed by atoms with Gasteiger partial charge in [0.05, 0.1) is 18.5 Å². The number of anilines is 1. The fourth-order valence-electron chi connectivity index (χ4n) is 1.91. The number of rotatable bonds is 6. The minimum atomic E-state index is 0.550. The Kier molecular flexibility index (Phi) is 4.38. The molecule has 0 aliphatic carbocycles. The van der Waals surface area contributed by atoms with Crippen molar-refractivity contribution in [1.82, 2.24) is 14.5 Å². The molecule has 2 heterocycles. The molecule has 0 spiro atoms. The smallest absolute Gasteiger partial charge is 0.156 e. The van der Waals surface area contributed by atoms with Crippen LogP contribution in [0.3, 0.4) is 0 Å². The lowest BCUT2D eigenvalue weighted by Crippen LogP contribution is -2.30. The average Bonchev–Trinajstić information content (AvgIpc) is 2.77. The van der Waals surface area contributed by atoms with Crippen LogP contribution < -0.4 is 4.90 Å². The fraction of sp³-hybridized carbons (Fsp3) is 0.500. The number of hydrogen-bond acceptors (Lipinski definition) is 4. The fourth-order valence-corrected chi connectivity index (χ4v) is 2.11. The summed E-state index contributed by atoms with van der Waals surface area (Å²) in [5.74, 6) is 1.42. The summed E-state index contributed by atoms with van der Waals surface area (Å²) in [4.78, 5) is 10.9. The molecule has 0 saturated heterocycles. The second kappa shape index (κ2) is 6.02. The summed E-state index contributed by atoms with van der Waals surface area (Å²) in [7, 11) is 3.66. The highest BCUT2D eigenvalue weighted by atomic mass is 35.5. The Hall–Kier alpha value is -1.33. The molecular weight excluding hydrogens is 252 g/mol. The van der Waals surface area contributed by atoms with E-state index < -0.39 is 0 Å². The van der Waals surface area contributed by atoms with Crippen LogP contribution in [0.1, 0.15) is 0 Å². The molecule has 0 amide bonds. The summed E-state index contributed by atoms with van der Waals surface area (Å²) in [5.41, 5.74) is 1.97. The van der Waals surface area contributed by atoms with Crippen molar-refractivity contribution in [3.8, 4) is 0 Å². The van der Waals surface area contributed by atoms with Gasteiger partial charge >= 0.3 is 0 Å². The number of alkyl halides is 1. The Morgan fingerprint density at radius 3 is 2.94 bits per heavy atom. The Bertz CT molecular complexity index is 514. The molecule has 0 bridgehead atoms. The Balaban J connectivity index is 2.36. The highest BCUT2D eigenvalue weighted by molar-refractivity contribution is 6.18. The number of imidazole rings is 1. The first kappa shape index (κ1) is 13.1. The Morgan fingerprint density at radius 2 is 2.22 bits per heavy atom. The van der Waals surface area contributed by atoms with Gasteiger partial charge in [0.2, 0.25) is 0 Å². The van der Waals surface area contributed by atoms with Gasteiger partial charge in [0, 0.05) is 39.3 Å². The van der Waals surface area contributed by atoms with Crippen LogP contribution in [-0.4, -0.2) is 47.2 Å². The highest BCUT2D eigenvalue weighted by Gasteiger charge is 2.13. The Labute approximate surface area is 111 Å². The van der Waals surface area contributed by atoms with Crippen molar-refractivity contribution < 1.29 is 4.74 Å². The Morgan fingerprint density at radius 1 is 1.39 bits per heavy atom. The van der Waals surface area contributed by atoms with Gasteiger partial charge in [0.15, 0.2) is 5.82 Å². The van der Waals surface area contributed by atoms with Crippen LogP contribution in [0.2, 0.25) is 0 Å². The largest absolute Gasteiger partial charge is 0.383 e. The maximum absolute atomic E-state index is 5.85. The van der Waals surface area contributed by atoms with Crippen molar-refractivity contribution in [2.75, 3.05) is 37.6 Å². The van der Waals surface area contributed by atoms with Crippen LogP contribution >= 0.6 is 11.6 Å². The van der Waals surface area contributed by atoms with E-state index >= 15 is 0 Å². The molecule has 0 atom stereocenters. The number of fused-ring (bicyclic) bond motifs is 1. The first-order valence-corrected chi connectivity index (χ1v) is 6.37. The third-order valence-electron chi connectivity index (χ3n) is 2.84. The van der Waals surface area contributed by atoms with Gasteiger partial charge in [-0.25, -0.2) is 9.97 Å². The zero-order chi connectivity index (χ0) is 13.0. The van der Waals surface area contributed by atoms with Gasteiger partial charge in [0.1, 0.15) is 5.52 Å². The summed E-state index contributed by atoms with van der Waals surface area (Å²) >= 11 is 5.85. The van der Waals surface area contributed by atoms with Crippen molar-refractivity contribution in [3.63, 3.8) is 0 Å². The normalized spacial score (nSPS) is 11.1. The van der Waals surface area contributed by atoms with Crippen LogP contribution in [0, 0.1) is 0 Å². The second-order valence-electron chi connectivity index (χ2n) is 4.03. The number of nitrogens with zero attached hydrogens (tertiary/aromatic N) is 4. The van der Waals surface area contributed by atoms with Crippen LogP contribution in [0.25, 0.3) is 11.0 Å². The van der Waals surface area contributed by atoms with Crippen molar-refractivity contribution >= 4 is 28.5 Å². The molecule has 0 aliphatic heterocycles. The molecule has 98 valence electrons. The van der Waals surface area contributed by atoms with Gasteiger partial charge in [-0.05, 0) is 6.07 Å². The lowest BCUT2D eigenvalue weighted by atomic mass is 10.3. The van der Waals surface area contributed by atoms with E-state index in [0.717, 1.165) is 29.9 Å². The summed E-state index contributed by atoms with van der Waals surface area (Å²) in [5, 5.41) is 0. The van der Waals surface area contributed by atoms with E-state index in [4.69, 9.17) is 16.3 Å². The van der Waals surface area contributed by atoms with Gasteiger partial charge in [-0.15, -0.1) is 11.6 Å². The summed E-state index contributed by atoms with van der Waals surface area (Å²) < 4.78 is 7.10. The summed E-state index contributed by atoms with van der Waals surface area (Å²) in [6.07, 6.45) is 3.60. The van der Waals surface area contributed by atoms with Crippen molar-refractivity contribution in [3.05, 3.63) is 18.6 Å². The van der Waals surface area contributed by atoms with E-state index in [-0.39, 0.29) is 0 Å². The number of aromatic nitrogens is 3. The molecule has 2 aromatic rings. The zero-order valence-electron chi connectivity index (χ0n) is 10.6. The van der Waals surface area contributed by atoms with Gasteiger partial charge in [-0.3, -0.25) is 0 Å². The molecule has 0 aromatic carbocycles. The third-order valence-corrected chi connectivity index (χ3v) is 3.01. The van der Waals surface area contributed by atoms with E-state index in [1.54, 1.807) is 19.6 Å². The topological polar surface area (TPSA) is 43.2 Å². The van der Waals surface area contributed by atoms with E-state index in [9.17, 15) is 0 Å². The minimum Gasteiger partial charge on any atom is -0.383 e. The minimum absolute atomic E-state index is 0.550.